The van der Waals surface area contributed by atoms with E-state index in [0.29, 0.717) is 17.3 Å². The zero-order valence-electron chi connectivity index (χ0n) is 14.9. The number of nitrogens with zero attached hydrogens (tertiary/aromatic N) is 1. The monoisotopic (exact) mass is 442 g/mol. The zero-order chi connectivity index (χ0) is 20.3. The molecule has 0 aliphatic carbocycles. The molecule has 1 fully saturated rings. The molecule has 0 spiro atoms. The number of carbonyl (C=O) groups is 1. The molecule has 1 heterocycles. The largest absolute Gasteiger partial charge is 0.390 e. The minimum absolute atomic E-state index is 0.102. The fraction of sp³-hybridized carbons (Fsp3) is 0.316. The highest BCUT2D eigenvalue weighted by Gasteiger charge is 2.40. The van der Waals surface area contributed by atoms with Gasteiger partial charge >= 0.3 is 0 Å². The van der Waals surface area contributed by atoms with Crippen LogP contribution in [0.4, 0.5) is 5.69 Å². The minimum Gasteiger partial charge on any atom is -0.390 e. The summed E-state index contributed by atoms with van der Waals surface area (Å²) in [4.78, 5) is 14.3. The third-order valence-corrected chi connectivity index (χ3v) is 7.08. The maximum absolute atomic E-state index is 12.6. The quantitative estimate of drug-likeness (QED) is 0.717. The zero-order valence-corrected chi connectivity index (χ0v) is 17.2. The summed E-state index contributed by atoms with van der Waals surface area (Å²) in [5, 5.41) is 13.5. The van der Waals surface area contributed by atoms with Crippen LogP contribution in [0, 0.1) is 0 Å². The second kappa shape index (κ2) is 8.80. The highest BCUT2D eigenvalue weighted by Crippen LogP contribution is 2.29. The number of aliphatic hydroxyl groups excluding tert-OH is 1. The fourth-order valence-electron chi connectivity index (χ4n) is 3.24. The molecule has 1 saturated heterocycles. The Labute approximate surface area is 174 Å². The second-order valence-corrected chi connectivity index (χ2v) is 9.69. The minimum atomic E-state index is -3.35. The van der Waals surface area contributed by atoms with Gasteiger partial charge in [-0.3, -0.25) is 9.69 Å². The van der Waals surface area contributed by atoms with E-state index in [-0.39, 0.29) is 29.0 Å². The van der Waals surface area contributed by atoms with Crippen molar-refractivity contribution in [1.82, 2.24) is 4.90 Å². The first-order valence-electron chi connectivity index (χ1n) is 8.65. The lowest BCUT2D eigenvalue weighted by atomic mass is 10.1. The van der Waals surface area contributed by atoms with Crippen molar-refractivity contribution in [1.29, 1.82) is 0 Å². The van der Waals surface area contributed by atoms with Crippen LogP contribution in [0.1, 0.15) is 5.56 Å². The number of amides is 1. The number of sulfone groups is 1. The molecule has 9 heteroatoms. The molecule has 2 aromatic carbocycles. The number of hydrogen-bond acceptors (Lipinski definition) is 5. The third-order valence-electron chi connectivity index (χ3n) is 4.56. The van der Waals surface area contributed by atoms with E-state index in [1.807, 2.05) is 30.3 Å². The molecule has 2 N–H and O–H groups in total. The van der Waals surface area contributed by atoms with E-state index in [0.717, 1.165) is 5.56 Å². The summed E-state index contributed by atoms with van der Waals surface area (Å²) in [5.74, 6) is -0.867. The lowest BCUT2D eigenvalue weighted by molar-refractivity contribution is -0.118. The van der Waals surface area contributed by atoms with Gasteiger partial charge in [0, 0.05) is 6.54 Å². The summed E-state index contributed by atoms with van der Waals surface area (Å²) in [6.45, 7) is 0.226. The first kappa shape index (κ1) is 21.1. The number of anilines is 1. The van der Waals surface area contributed by atoms with Gasteiger partial charge in [-0.1, -0.05) is 59.6 Å². The molecule has 150 valence electrons. The Morgan fingerprint density at radius 1 is 1.11 bits per heavy atom. The van der Waals surface area contributed by atoms with Gasteiger partial charge in [-0.25, -0.2) is 8.42 Å². The standard InChI is InChI=1S/C19H20Cl2N2O4S/c20-14-7-4-8-15(19(14)21)22-18(25)10-23(9-13-5-2-1-3-6-13)16-11-28(26,27)12-17(16)24/h1-8,16-17,24H,9-12H2,(H,22,25). The van der Waals surface area contributed by atoms with E-state index in [9.17, 15) is 18.3 Å². The Hall–Kier alpha value is -1.64. The van der Waals surface area contributed by atoms with Crippen molar-refractivity contribution in [3.63, 3.8) is 0 Å². The van der Waals surface area contributed by atoms with Crippen molar-refractivity contribution >= 4 is 44.6 Å². The van der Waals surface area contributed by atoms with Gasteiger partial charge in [-0.15, -0.1) is 0 Å². The molecule has 1 aliphatic heterocycles. The SMILES string of the molecule is O=C(CN(Cc1ccccc1)C1CS(=O)(=O)CC1O)Nc1cccc(Cl)c1Cl. The van der Waals surface area contributed by atoms with Gasteiger partial charge < -0.3 is 10.4 Å². The molecule has 28 heavy (non-hydrogen) atoms. The van der Waals surface area contributed by atoms with Crippen molar-refractivity contribution in [3.8, 4) is 0 Å². The molecule has 3 rings (SSSR count). The van der Waals surface area contributed by atoms with Gasteiger partial charge in [0.2, 0.25) is 5.91 Å². The van der Waals surface area contributed by atoms with Gasteiger partial charge in [0.15, 0.2) is 9.84 Å². The van der Waals surface area contributed by atoms with E-state index in [1.165, 1.54) is 0 Å². The van der Waals surface area contributed by atoms with Gasteiger partial charge in [-0.2, -0.15) is 0 Å². The molecule has 0 bridgehead atoms. The lowest BCUT2D eigenvalue weighted by Gasteiger charge is -2.29. The first-order chi connectivity index (χ1) is 13.2. The maximum Gasteiger partial charge on any atom is 0.238 e. The van der Waals surface area contributed by atoms with Gasteiger partial charge in [-0.05, 0) is 17.7 Å². The Kier molecular flexibility index (Phi) is 6.62. The van der Waals surface area contributed by atoms with Crippen molar-refractivity contribution in [3.05, 3.63) is 64.1 Å². The topological polar surface area (TPSA) is 86.7 Å². The maximum atomic E-state index is 12.6. The van der Waals surface area contributed by atoms with E-state index in [1.54, 1.807) is 23.1 Å². The highest BCUT2D eigenvalue weighted by atomic mass is 35.5. The number of hydrogen-bond donors (Lipinski definition) is 2. The molecule has 0 radical (unpaired) electrons. The molecule has 2 aromatic rings. The molecule has 0 aromatic heterocycles. The average molecular weight is 443 g/mol. The predicted molar refractivity (Wildman–Crippen MR) is 110 cm³/mol. The number of rotatable bonds is 6. The number of nitrogens with one attached hydrogen (secondary N) is 1. The van der Waals surface area contributed by atoms with Crippen LogP contribution in [0.3, 0.4) is 0 Å². The van der Waals surface area contributed by atoms with Gasteiger partial charge in [0.25, 0.3) is 0 Å². The average Bonchev–Trinajstić information content (AvgIpc) is 2.92. The van der Waals surface area contributed by atoms with Crippen molar-refractivity contribution in [2.24, 2.45) is 0 Å². The number of aliphatic hydroxyl groups is 1. The molecule has 0 saturated carbocycles. The van der Waals surface area contributed by atoms with Gasteiger partial charge in [0.1, 0.15) is 0 Å². The summed E-state index contributed by atoms with van der Waals surface area (Å²) in [6.07, 6.45) is -1.05. The van der Waals surface area contributed by atoms with Crippen molar-refractivity contribution in [2.75, 3.05) is 23.4 Å². The fourth-order valence-corrected chi connectivity index (χ4v) is 5.42. The molecule has 6 nitrogen and oxygen atoms in total. The highest BCUT2D eigenvalue weighted by molar-refractivity contribution is 7.91. The van der Waals surface area contributed by atoms with Crippen molar-refractivity contribution in [2.45, 2.75) is 18.7 Å². The Balaban J connectivity index is 1.78. The Morgan fingerprint density at radius 3 is 2.46 bits per heavy atom. The van der Waals surface area contributed by atoms with Crippen LogP contribution in [0.2, 0.25) is 10.0 Å². The predicted octanol–water partition coefficient (Wildman–Crippen LogP) is 2.59. The smallest absolute Gasteiger partial charge is 0.238 e. The normalized spacial score (nSPS) is 21.0. The van der Waals surface area contributed by atoms with E-state index >= 15 is 0 Å². The molecular formula is C19H20Cl2N2O4S. The van der Waals surface area contributed by atoms with E-state index in [2.05, 4.69) is 5.32 Å². The summed E-state index contributed by atoms with van der Waals surface area (Å²) in [7, 11) is -3.35. The van der Waals surface area contributed by atoms with Crippen LogP contribution in [0.15, 0.2) is 48.5 Å². The Morgan fingerprint density at radius 2 is 1.82 bits per heavy atom. The summed E-state index contributed by atoms with van der Waals surface area (Å²) in [5.41, 5.74) is 1.28. The van der Waals surface area contributed by atoms with Crippen LogP contribution in [-0.4, -0.2) is 54.5 Å². The van der Waals surface area contributed by atoms with Crippen LogP contribution >= 0.6 is 23.2 Å². The molecule has 1 amide bonds. The second-order valence-electron chi connectivity index (χ2n) is 6.75. The number of halogens is 2. The summed E-state index contributed by atoms with van der Waals surface area (Å²) >= 11 is 12.1. The van der Waals surface area contributed by atoms with E-state index < -0.39 is 22.0 Å². The van der Waals surface area contributed by atoms with Gasteiger partial charge in [0.05, 0.1) is 45.9 Å². The molecular weight excluding hydrogens is 423 g/mol. The molecule has 2 unspecified atom stereocenters. The first-order valence-corrected chi connectivity index (χ1v) is 11.2. The van der Waals surface area contributed by atoms with Crippen LogP contribution < -0.4 is 5.32 Å². The lowest BCUT2D eigenvalue weighted by Crippen LogP contribution is -2.46. The van der Waals surface area contributed by atoms with Crippen LogP contribution in [-0.2, 0) is 21.2 Å². The third kappa shape index (κ3) is 5.24. The summed E-state index contributed by atoms with van der Waals surface area (Å²) < 4.78 is 23.9. The number of benzene rings is 2. The van der Waals surface area contributed by atoms with E-state index in [4.69, 9.17) is 23.2 Å². The number of carbonyl (C=O) groups excluding carboxylic acids is 1. The molecule has 1 aliphatic rings. The van der Waals surface area contributed by atoms with Crippen LogP contribution in [0.5, 0.6) is 0 Å². The molecule has 2 atom stereocenters. The Bertz CT molecular complexity index is 954. The summed E-state index contributed by atoms with van der Waals surface area (Å²) in [6, 6.07) is 13.6. The van der Waals surface area contributed by atoms with Crippen molar-refractivity contribution < 1.29 is 18.3 Å². The van der Waals surface area contributed by atoms with Crippen LogP contribution in [0.25, 0.3) is 0 Å².